The van der Waals surface area contributed by atoms with Gasteiger partial charge < -0.3 is 4.74 Å². The van der Waals surface area contributed by atoms with Crippen molar-refractivity contribution in [3.05, 3.63) is 29.3 Å². The minimum atomic E-state index is -0.216. The molecule has 0 amide bonds. The van der Waals surface area contributed by atoms with E-state index in [-0.39, 0.29) is 5.97 Å². The Kier molecular flexibility index (Phi) is 5.05. The van der Waals surface area contributed by atoms with Gasteiger partial charge in [0.15, 0.2) is 0 Å². The van der Waals surface area contributed by atoms with Crippen LogP contribution in [-0.4, -0.2) is 24.6 Å². The van der Waals surface area contributed by atoms with Crippen molar-refractivity contribution in [1.82, 2.24) is 0 Å². The maximum absolute atomic E-state index is 11.2. The summed E-state index contributed by atoms with van der Waals surface area (Å²) in [4.78, 5) is 22.7. The average molecular weight is 238 g/mol. The highest BCUT2D eigenvalue weighted by atomic mass is 32.2. The first-order valence-corrected chi connectivity index (χ1v) is 6.00. The summed E-state index contributed by atoms with van der Waals surface area (Å²) in [5, 5.41) is 0. The summed E-state index contributed by atoms with van der Waals surface area (Å²) in [7, 11) is 0. The van der Waals surface area contributed by atoms with Crippen molar-refractivity contribution < 1.29 is 14.3 Å². The van der Waals surface area contributed by atoms with Gasteiger partial charge in [-0.05, 0) is 31.5 Å². The number of esters is 1. The number of benzene rings is 1. The van der Waals surface area contributed by atoms with E-state index in [1.54, 1.807) is 19.1 Å². The molecule has 0 atom stereocenters. The van der Waals surface area contributed by atoms with Crippen LogP contribution in [0.3, 0.4) is 0 Å². The molecule has 0 aliphatic carbocycles. The number of rotatable bonds is 5. The van der Waals surface area contributed by atoms with Crippen molar-refractivity contribution in [2.45, 2.75) is 18.7 Å². The van der Waals surface area contributed by atoms with Crippen LogP contribution in [0.5, 0.6) is 0 Å². The summed E-state index contributed by atoms with van der Waals surface area (Å²) in [6.07, 6.45) is 0.812. The molecule has 0 fully saturated rings. The minimum Gasteiger partial charge on any atom is -0.465 e. The van der Waals surface area contributed by atoms with Gasteiger partial charge >= 0.3 is 5.97 Å². The Labute approximate surface area is 99.2 Å². The van der Waals surface area contributed by atoms with Gasteiger partial charge in [0.05, 0.1) is 12.4 Å². The Hall–Kier alpha value is -1.29. The minimum absolute atomic E-state index is 0.216. The zero-order valence-corrected chi connectivity index (χ0v) is 10.2. The normalized spacial score (nSPS) is 9.88. The summed E-state index contributed by atoms with van der Waals surface area (Å²) >= 11 is 1.42. The van der Waals surface area contributed by atoms with E-state index in [9.17, 15) is 9.59 Å². The Bertz CT molecular complexity index is 388. The molecule has 0 spiro atoms. The fourth-order valence-corrected chi connectivity index (χ4v) is 2.05. The molecular formula is C12H14O3S. The number of aryl methyl sites for hydroxylation is 1. The highest BCUT2D eigenvalue weighted by Gasteiger charge is 2.05. The third kappa shape index (κ3) is 3.70. The van der Waals surface area contributed by atoms with Gasteiger partial charge in [-0.1, -0.05) is 6.07 Å². The highest BCUT2D eigenvalue weighted by Crippen LogP contribution is 2.22. The lowest BCUT2D eigenvalue weighted by Crippen LogP contribution is -2.06. The first-order chi connectivity index (χ1) is 7.67. The standard InChI is InChI=1S/C12H14O3S/c1-3-15-12(14)8-16-11-5-4-10(7-13)6-9(11)2/h4-7H,3,8H2,1-2H3. The molecule has 0 unspecified atom stereocenters. The van der Waals surface area contributed by atoms with E-state index >= 15 is 0 Å². The number of thioether (sulfide) groups is 1. The molecule has 0 aromatic heterocycles. The van der Waals surface area contributed by atoms with Gasteiger partial charge in [0, 0.05) is 10.5 Å². The predicted molar refractivity (Wildman–Crippen MR) is 63.9 cm³/mol. The van der Waals surface area contributed by atoms with Crippen LogP contribution in [0.4, 0.5) is 0 Å². The third-order valence-corrected chi connectivity index (χ3v) is 3.14. The summed E-state index contributed by atoms with van der Waals surface area (Å²) < 4.78 is 4.83. The summed E-state index contributed by atoms with van der Waals surface area (Å²) in [6.45, 7) is 4.11. The van der Waals surface area contributed by atoms with E-state index in [1.165, 1.54) is 11.8 Å². The smallest absolute Gasteiger partial charge is 0.316 e. The van der Waals surface area contributed by atoms with E-state index in [2.05, 4.69) is 0 Å². The van der Waals surface area contributed by atoms with E-state index in [0.29, 0.717) is 17.9 Å². The Morgan fingerprint density at radius 1 is 1.50 bits per heavy atom. The SMILES string of the molecule is CCOC(=O)CSc1ccc(C=O)cc1C. The molecule has 0 saturated carbocycles. The second-order valence-electron chi connectivity index (χ2n) is 3.24. The lowest BCUT2D eigenvalue weighted by atomic mass is 10.2. The maximum atomic E-state index is 11.2. The topological polar surface area (TPSA) is 43.4 Å². The van der Waals surface area contributed by atoms with Gasteiger partial charge in [0.1, 0.15) is 6.29 Å². The molecule has 0 radical (unpaired) electrons. The number of aldehydes is 1. The van der Waals surface area contributed by atoms with Crippen LogP contribution in [0.2, 0.25) is 0 Å². The molecule has 0 aliphatic rings. The highest BCUT2D eigenvalue weighted by molar-refractivity contribution is 8.00. The molecule has 1 aromatic rings. The van der Waals surface area contributed by atoms with Gasteiger partial charge in [0.2, 0.25) is 0 Å². The zero-order chi connectivity index (χ0) is 12.0. The monoisotopic (exact) mass is 238 g/mol. The van der Waals surface area contributed by atoms with Crippen LogP contribution in [0, 0.1) is 6.92 Å². The quantitative estimate of drug-likeness (QED) is 0.449. The first-order valence-electron chi connectivity index (χ1n) is 5.01. The van der Waals surface area contributed by atoms with Crippen molar-refractivity contribution in [3.63, 3.8) is 0 Å². The molecule has 0 aliphatic heterocycles. The van der Waals surface area contributed by atoms with Crippen LogP contribution in [0.1, 0.15) is 22.8 Å². The number of carbonyl (C=O) groups excluding carboxylic acids is 2. The lowest BCUT2D eigenvalue weighted by Gasteiger charge is -2.05. The second kappa shape index (κ2) is 6.33. The fraction of sp³-hybridized carbons (Fsp3) is 0.333. The summed E-state index contributed by atoms with van der Waals surface area (Å²) in [5.41, 5.74) is 1.65. The molecule has 0 heterocycles. The van der Waals surface area contributed by atoms with Crippen molar-refractivity contribution >= 4 is 24.0 Å². The molecule has 0 N–H and O–H groups in total. The van der Waals surface area contributed by atoms with Gasteiger partial charge in [-0.25, -0.2) is 0 Å². The molecule has 0 saturated heterocycles. The summed E-state index contributed by atoms with van der Waals surface area (Å²) in [5.74, 6) is 0.0844. The van der Waals surface area contributed by atoms with Crippen LogP contribution in [0.15, 0.2) is 23.1 Å². The van der Waals surface area contributed by atoms with E-state index < -0.39 is 0 Å². The zero-order valence-electron chi connectivity index (χ0n) is 9.36. The molecule has 1 aromatic carbocycles. The van der Waals surface area contributed by atoms with Gasteiger partial charge in [-0.15, -0.1) is 11.8 Å². The number of hydrogen-bond donors (Lipinski definition) is 0. The Balaban J connectivity index is 2.60. The van der Waals surface area contributed by atoms with Crippen LogP contribution in [0.25, 0.3) is 0 Å². The largest absolute Gasteiger partial charge is 0.465 e. The predicted octanol–water partition coefficient (Wildman–Crippen LogP) is 2.46. The van der Waals surface area contributed by atoms with Crippen LogP contribution in [-0.2, 0) is 9.53 Å². The molecule has 3 nitrogen and oxygen atoms in total. The van der Waals surface area contributed by atoms with E-state index in [0.717, 1.165) is 16.7 Å². The number of ether oxygens (including phenoxy) is 1. The van der Waals surface area contributed by atoms with Crippen LogP contribution < -0.4 is 0 Å². The maximum Gasteiger partial charge on any atom is 0.316 e. The molecule has 16 heavy (non-hydrogen) atoms. The van der Waals surface area contributed by atoms with Crippen molar-refractivity contribution in [2.75, 3.05) is 12.4 Å². The Morgan fingerprint density at radius 3 is 2.81 bits per heavy atom. The van der Waals surface area contributed by atoms with Crippen molar-refractivity contribution in [2.24, 2.45) is 0 Å². The van der Waals surface area contributed by atoms with Gasteiger partial charge in [-0.3, -0.25) is 9.59 Å². The summed E-state index contributed by atoms with van der Waals surface area (Å²) in [6, 6.07) is 5.40. The Morgan fingerprint density at radius 2 is 2.25 bits per heavy atom. The second-order valence-corrected chi connectivity index (χ2v) is 4.25. The number of carbonyl (C=O) groups is 2. The lowest BCUT2D eigenvalue weighted by molar-refractivity contribution is -0.139. The first kappa shape index (κ1) is 12.8. The van der Waals surface area contributed by atoms with Gasteiger partial charge in [-0.2, -0.15) is 0 Å². The van der Waals surface area contributed by atoms with Crippen molar-refractivity contribution in [3.8, 4) is 0 Å². The average Bonchev–Trinajstić information content (AvgIpc) is 2.27. The van der Waals surface area contributed by atoms with Gasteiger partial charge in [0.25, 0.3) is 0 Å². The third-order valence-electron chi connectivity index (χ3n) is 1.99. The van der Waals surface area contributed by atoms with E-state index in [4.69, 9.17) is 4.74 Å². The number of hydrogen-bond acceptors (Lipinski definition) is 4. The van der Waals surface area contributed by atoms with Crippen molar-refractivity contribution in [1.29, 1.82) is 0 Å². The van der Waals surface area contributed by atoms with Crippen LogP contribution >= 0.6 is 11.8 Å². The molecule has 0 bridgehead atoms. The molecule has 1 rings (SSSR count). The fourth-order valence-electron chi connectivity index (χ4n) is 1.25. The molecule has 4 heteroatoms. The van der Waals surface area contributed by atoms with E-state index in [1.807, 2.05) is 13.0 Å². The molecular weight excluding hydrogens is 224 g/mol. The molecule has 86 valence electrons.